The van der Waals surface area contributed by atoms with Crippen LogP contribution in [0.1, 0.15) is 30.9 Å². The Balaban J connectivity index is 1.13. The van der Waals surface area contributed by atoms with E-state index < -0.39 is 5.60 Å². The van der Waals surface area contributed by atoms with Gasteiger partial charge in [-0.2, -0.15) is 5.10 Å². The number of fused-ring (bicyclic) bond motifs is 1. The van der Waals surface area contributed by atoms with Gasteiger partial charge in [0.1, 0.15) is 17.6 Å². The summed E-state index contributed by atoms with van der Waals surface area (Å²) in [6.07, 6.45) is 5.28. The Morgan fingerprint density at radius 2 is 1.84 bits per heavy atom. The Bertz CT molecular complexity index is 1820. The van der Waals surface area contributed by atoms with Gasteiger partial charge in [0.15, 0.2) is 5.52 Å². The van der Waals surface area contributed by atoms with Crippen LogP contribution >= 0.6 is 0 Å². The molecule has 0 bridgehead atoms. The van der Waals surface area contributed by atoms with Crippen molar-refractivity contribution in [3.05, 3.63) is 88.5 Å². The van der Waals surface area contributed by atoms with Crippen molar-refractivity contribution in [1.82, 2.24) is 34.5 Å². The van der Waals surface area contributed by atoms with Gasteiger partial charge in [-0.15, -0.1) is 0 Å². The lowest BCUT2D eigenvalue weighted by Crippen LogP contribution is -2.47. The molecule has 4 heterocycles. The van der Waals surface area contributed by atoms with Crippen LogP contribution < -0.4 is 10.9 Å². The topological polar surface area (TPSA) is 131 Å². The largest absolute Gasteiger partial charge is 0.445 e. The van der Waals surface area contributed by atoms with Crippen molar-refractivity contribution in [1.29, 1.82) is 0 Å². The second kappa shape index (κ2) is 11.5. The van der Waals surface area contributed by atoms with E-state index in [0.717, 1.165) is 11.1 Å². The molecule has 1 aliphatic heterocycles. The fraction of sp³-hybridized carbons (Fsp3) is 0.323. The van der Waals surface area contributed by atoms with E-state index in [2.05, 4.69) is 25.3 Å². The number of carbonyl (C=O) groups is 1. The van der Waals surface area contributed by atoms with Crippen LogP contribution in [0.5, 0.6) is 0 Å². The first-order valence-corrected chi connectivity index (χ1v) is 14.1. The Morgan fingerprint density at radius 1 is 1.09 bits per heavy atom. The molecule has 2 N–H and O–H groups in total. The molecule has 0 aliphatic carbocycles. The van der Waals surface area contributed by atoms with Gasteiger partial charge in [0, 0.05) is 56.8 Å². The van der Waals surface area contributed by atoms with Gasteiger partial charge in [0.2, 0.25) is 11.8 Å². The van der Waals surface area contributed by atoms with Crippen LogP contribution in [-0.4, -0.2) is 58.9 Å². The summed E-state index contributed by atoms with van der Waals surface area (Å²) in [5.41, 5.74) is 2.91. The summed E-state index contributed by atoms with van der Waals surface area (Å²) < 4.78 is 23.1. The predicted octanol–water partition coefficient (Wildman–Crippen LogP) is 3.25. The number of aliphatic hydroxyl groups is 1. The molecule has 6 rings (SSSR count). The second-order valence-electron chi connectivity index (χ2n) is 11.1. The van der Waals surface area contributed by atoms with Gasteiger partial charge in [-0.3, -0.25) is 23.7 Å². The molecule has 222 valence electrons. The van der Waals surface area contributed by atoms with Gasteiger partial charge >= 0.3 is 0 Å². The SMILES string of the molecule is CC(=O)NCc1ccc(-c2c3ncn(CC4(O)CCN(Cc5ccc(-c6ncco6)cc5F)CC4)c(=O)c3nn2C)cc1. The van der Waals surface area contributed by atoms with Gasteiger partial charge in [0.25, 0.3) is 5.56 Å². The maximum Gasteiger partial charge on any atom is 0.281 e. The molecule has 12 heteroatoms. The van der Waals surface area contributed by atoms with Crippen LogP contribution in [-0.2, 0) is 31.5 Å². The van der Waals surface area contributed by atoms with E-state index in [4.69, 9.17) is 4.42 Å². The maximum absolute atomic E-state index is 14.8. The van der Waals surface area contributed by atoms with Gasteiger partial charge in [-0.1, -0.05) is 30.3 Å². The van der Waals surface area contributed by atoms with E-state index in [1.807, 2.05) is 24.3 Å². The van der Waals surface area contributed by atoms with Gasteiger partial charge in [0.05, 0.1) is 30.4 Å². The Kier molecular flexibility index (Phi) is 7.63. The number of amides is 1. The fourth-order valence-electron chi connectivity index (χ4n) is 5.56. The van der Waals surface area contributed by atoms with E-state index >= 15 is 0 Å². The lowest BCUT2D eigenvalue weighted by molar-refractivity contribution is -0.119. The summed E-state index contributed by atoms with van der Waals surface area (Å²) >= 11 is 0. The van der Waals surface area contributed by atoms with Crippen molar-refractivity contribution >= 4 is 16.9 Å². The first-order chi connectivity index (χ1) is 20.7. The summed E-state index contributed by atoms with van der Waals surface area (Å²) in [6.45, 7) is 3.50. The number of halogens is 1. The number of oxazole rings is 1. The maximum atomic E-state index is 14.8. The molecular formula is C31H32FN7O4. The molecule has 3 aromatic heterocycles. The molecule has 1 aliphatic rings. The molecule has 2 aromatic carbocycles. The summed E-state index contributed by atoms with van der Waals surface area (Å²) in [7, 11) is 1.76. The third kappa shape index (κ3) is 5.97. The minimum Gasteiger partial charge on any atom is -0.445 e. The average molecular weight is 586 g/mol. The molecule has 0 unspecified atom stereocenters. The van der Waals surface area contributed by atoms with E-state index in [9.17, 15) is 19.1 Å². The van der Waals surface area contributed by atoms with Crippen molar-refractivity contribution in [3.8, 4) is 22.7 Å². The van der Waals surface area contributed by atoms with Gasteiger partial charge in [-0.25, -0.2) is 14.4 Å². The predicted molar refractivity (Wildman–Crippen MR) is 157 cm³/mol. The number of carbonyl (C=O) groups excluding carboxylic acids is 1. The number of benzene rings is 2. The number of rotatable bonds is 8. The molecule has 0 saturated carbocycles. The highest BCUT2D eigenvalue weighted by atomic mass is 19.1. The van der Waals surface area contributed by atoms with Crippen LogP contribution in [0.15, 0.2) is 70.5 Å². The molecule has 43 heavy (non-hydrogen) atoms. The van der Waals surface area contributed by atoms with E-state index in [0.29, 0.717) is 67.2 Å². The van der Waals surface area contributed by atoms with E-state index in [1.54, 1.807) is 23.9 Å². The van der Waals surface area contributed by atoms with E-state index in [1.165, 1.54) is 36.3 Å². The smallest absolute Gasteiger partial charge is 0.281 e. The molecule has 0 atom stereocenters. The summed E-state index contributed by atoms with van der Waals surface area (Å²) in [5, 5.41) is 18.6. The van der Waals surface area contributed by atoms with Crippen LogP contribution in [0.25, 0.3) is 33.7 Å². The average Bonchev–Trinajstić information content (AvgIpc) is 3.65. The minimum absolute atomic E-state index is 0.0889. The molecule has 11 nitrogen and oxygen atoms in total. The van der Waals surface area contributed by atoms with Crippen molar-refractivity contribution in [2.75, 3.05) is 13.1 Å². The van der Waals surface area contributed by atoms with Crippen molar-refractivity contribution in [3.63, 3.8) is 0 Å². The number of hydrogen-bond donors (Lipinski definition) is 2. The number of hydrogen-bond acceptors (Lipinski definition) is 8. The molecule has 0 spiro atoms. The molecule has 1 amide bonds. The highest BCUT2D eigenvalue weighted by Crippen LogP contribution is 2.28. The zero-order valence-electron chi connectivity index (χ0n) is 24.0. The Labute approximate surface area is 246 Å². The highest BCUT2D eigenvalue weighted by molar-refractivity contribution is 5.89. The number of aryl methyl sites for hydroxylation is 1. The summed E-state index contributed by atoms with van der Waals surface area (Å²) in [5.74, 6) is -0.0658. The molecular weight excluding hydrogens is 553 g/mol. The number of nitrogens with zero attached hydrogens (tertiary/aromatic N) is 6. The van der Waals surface area contributed by atoms with Gasteiger partial charge in [-0.05, 0) is 30.5 Å². The normalized spacial score (nSPS) is 15.2. The third-order valence-corrected chi connectivity index (χ3v) is 7.96. The quantitative estimate of drug-likeness (QED) is 0.284. The van der Waals surface area contributed by atoms with Crippen molar-refractivity contribution in [2.24, 2.45) is 7.05 Å². The van der Waals surface area contributed by atoms with E-state index in [-0.39, 0.29) is 29.3 Å². The zero-order chi connectivity index (χ0) is 30.1. The number of piperidine rings is 1. The third-order valence-electron chi connectivity index (χ3n) is 7.96. The summed E-state index contributed by atoms with van der Waals surface area (Å²) in [4.78, 5) is 35.4. The van der Waals surface area contributed by atoms with Crippen molar-refractivity contribution in [2.45, 2.75) is 45.0 Å². The van der Waals surface area contributed by atoms with Crippen LogP contribution in [0, 0.1) is 5.82 Å². The number of likely N-dealkylation sites (tertiary alicyclic amines) is 1. The summed E-state index contributed by atoms with van der Waals surface area (Å²) in [6, 6.07) is 12.6. The zero-order valence-corrected chi connectivity index (χ0v) is 24.0. The number of aromatic nitrogens is 5. The van der Waals surface area contributed by atoms with Gasteiger partial charge < -0.3 is 14.8 Å². The fourth-order valence-corrected chi connectivity index (χ4v) is 5.56. The minimum atomic E-state index is -1.11. The highest BCUT2D eigenvalue weighted by Gasteiger charge is 2.34. The standard InChI is InChI=1S/C31H32FN7O4/c1-20(40)34-16-21-3-5-22(6-4-21)28-26-27(36-37(28)2)30(41)39(19-35-26)18-31(42)9-12-38(13-10-31)17-24-8-7-23(15-25(24)32)29-33-11-14-43-29/h3-8,11,14-15,19,42H,9-10,12-13,16-18H2,1-2H3,(H,34,40). The molecule has 0 radical (unpaired) electrons. The molecule has 1 fully saturated rings. The van der Waals surface area contributed by atoms with Crippen LogP contribution in [0.2, 0.25) is 0 Å². The van der Waals surface area contributed by atoms with Crippen LogP contribution in [0.3, 0.4) is 0 Å². The number of nitrogens with one attached hydrogen (secondary N) is 1. The monoisotopic (exact) mass is 585 g/mol. The first-order valence-electron chi connectivity index (χ1n) is 14.1. The Morgan fingerprint density at radius 3 is 2.51 bits per heavy atom. The first kappa shape index (κ1) is 28.4. The lowest BCUT2D eigenvalue weighted by Gasteiger charge is -2.38. The Hall–Kier alpha value is -4.68. The lowest BCUT2D eigenvalue weighted by atomic mass is 9.91. The molecule has 1 saturated heterocycles. The molecule has 5 aromatic rings. The van der Waals surface area contributed by atoms with Crippen LogP contribution in [0.4, 0.5) is 4.39 Å². The second-order valence-corrected chi connectivity index (χ2v) is 11.1. The van der Waals surface area contributed by atoms with Crippen molar-refractivity contribution < 1.29 is 18.7 Å².